The van der Waals surface area contributed by atoms with Gasteiger partial charge in [0.1, 0.15) is 34.2 Å². The highest BCUT2D eigenvalue weighted by atomic mass is 16.4. The van der Waals surface area contributed by atoms with Crippen LogP contribution in [0.3, 0.4) is 0 Å². The highest BCUT2D eigenvalue weighted by molar-refractivity contribution is 6.22. The van der Waals surface area contributed by atoms with Gasteiger partial charge in [-0.1, -0.05) is 84.9 Å². The molecule has 0 aliphatic rings. The molecule has 0 spiro atoms. The Hall–Kier alpha value is -7.54. The van der Waals surface area contributed by atoms with Crippen LogP contribution in [-0.4, -0.2) is 57.0 Å². The van der Waals surface area contributed by atoms with Crippen LogP contribution >= 0.6 is 0 Å². The molecule has 0 amide bonds. The van der Waals surface area contributed by atoms with Gasteiger partial charge in [0.2, 0.25) is 23.0 Å². The molecule has 6 aromatic carbocycles. The van der Waals surface area contributed by atoms with E-state index in [1.165, 1.54) is 0 Å². The summed E-state index contributed by atoms with van der Waals surface area (Å²) in [6, 6.07) is 28.8. The van der Waals surface area contributed by atoms with Crippen molar-refractivity contribution in [2.45, 2.75) is 13.1 Å². The van der Waals surface area contributed by atoms with Crippen LogP contribution in [-0.2, 0) is 0 Å². The van der Waals surface area contributed by atoms with Crippen molar-refractivity contribution in [1.82, 2.24) is 9.88 Å². The van der Waals surface area contributed by atoms with Crippen LogP contribution in [0.4, 0.5) is 0 Å². The number of aromatic nitrogens is 1. The number of phenolic OH excluding ortho intramolecular Hbond substituents is 8. The topological polar surface area (TPSA) is 228 Å². The summed E-state index contributed by atoms with van der Waals surface area (Å²) in [6.45, 7) is 1.86. The number of furan rings is 1. The molecular formula is C40H30N4O9. The van der Waals surface area contributed by atoms with Crippen LogP contribution in [0.25, 0.3) is 49.4 Å². The van der Waals surface area contributed by atoms with Crippen molar-refractivity contribution in [3.8, 4) is 51.7 Å². The van der Waals surface area contributed by atoms with Crippen LogP contribution in [0.1, 0.15) is 29.8 Å². The lowest BCUT2D eigenvalue weighted by Gasteiger charge is -2.19. The molecule has 0 aliphatic heterocycles. The lowest BCUT2D eigenvalue weighted by Crippen LogP contribution is -2.28. The van der Waals surface area contributed by atoms with Gasteiger partial charge in [-0.25, -0.2) is 0 Å². The van der Waals surface area contributed by atoms with Crippen LogP contribution < -0.4 is 5.32 Å². The molecule has 13 nitrogen and oxygen atoms in total. The molecule has 0 aliphatic carbocycles. The maximum atomic E-state index is 11.2. The van der Waals surface area contributed by atoms with Gasteiger partial charge in [-0.3, -0.25) is 10.4 Å². The number of hydrogen-bond donors (Lipinski definition) is 10. The van der Waals surface area contributed by atoms with Gasteiger partial charge >= 0.3 is 0 Å². The smallest absolute Gasteiger partial charge is 0.206 e. The Morgan fingerprint density at radius 2 is 1.13 bits per heavy atom. The molecular weight excluding hydrogens is 680 g/mol. The maximum Gasteiger partial charge on any atom is 0.206 e. The number of rotatable bonds is 6. The third kappa shape index (κ3) is 4.86. The number of fused-ring (bicyclic) bond motifs is 6. The zero-order chi connectivity index (χ0) is 37.3. The van der Waals surface area contributed by atoms with Gasteiger partial charge in [0.05, 0.1) is 21.8 Å². The van der Waals surface area contributed by atoms with Crippen molar-refractivity contribution in [2.75, 3.05) is 0 Å². The SMILES string of the molecule is C/C(=N\C(NC(=N)c1ccccc1)c1cccc2c1oc1cccc(-n3c4c(O)c(O)c(O)c(O)c4c4c(O)c(O)c(O)c(O)c43)c12)c1ccccc1. The summed E-state index contributed by atoms with van der Waals surface area (Å²) in [6.07, 6.45) is -0.842. The Bertz CT molecular complexity index is 2750. The number of nitrogens with one attached hydrogen (secondary N) is 2. The van der Waals surface area contributed by atoms with E-state index in [1.807, 2.05) is 55.5 Å². The van der Waals surface area contributed by atoms with Gasteiger partial charge in [0.15, 0.2) is 23.0 Å². The molecule has 1 unspecified atom stereocenters. The first-order valence-electron chi connectivity index (χ1n) is 16.2. The van der Waals surface area contributed by atoms with E-state index < -0.39 is 62.9 Å². The highest BCUT2D eigenvalue weighted by Crippen LogP contribution is 2.59. The second kappa shape index (κ2) is 12.1. The second-order valence-electron chi connectivity index (χ2n) is 12.4. The first-order valence-corrected chi connectivity index (χ1v) is 16.2. The Kier molecular flexibility index (Phi) is 7.43. The molecule has 2 aromatic heterocycles. The van der Waals surface area contributed by atoms with Crippen LogP contribution in [0.2, 0.25) is 0 Å². The predicted molar refractivity (Wildman–Crippen MR) is 199 cm³/mol. The van der Waals surface area contributed by atoms with Crippen molar-refractivity contribution in [3.63, 3.8) is 0 Å². The van der Waals surface area contributed by atoms with Gasteiger partial charge in [-0.05, 0) is 24.6 Å². The Balaban J connectivity index is 1.43. The number of benzene rings is 6. The minimum atomic E-state index is -1.12. The van der Waals surface area contributed by atoms with Crippen LogP contribution in [0, 0.1) is 5.41 Å². The molecule has 2 heterocycles. The molecule has 10 N–H and O–H groups in total. The average molecular weight is 711 g/mol. The van der Waals surface area contributed by atoms with E-state index in [4.69, 9.17) is 14.8 Å². The molecule has 0 fully saturated rings. The first-order chi connectivity index (χ1) is 25.5. The van der Waals surface area contributed by atoms with Gasteiger partial charge < -0.3 is 55.2 Å². The molecule has 0 saturated heterocycles. The zero-order valence-corrected chi connectivity index (χ0v) is 27.7. The summed E-state index contributed by atoms with van der Waals surface area (Å²) in [7, 11) is 0. The third-order valence-corrected chi connectivity index (χ3v) is 9.36. The van der Waals surface area contributed by atoms with Gasteiger partial charge in [0.25, 0.3) is 0 Å². The van der Waals surface area contributed by atoms with Crippen LogP contribution in [0.15, 0.2) is 106 Å². The minimum absolute atomic E-state index is 0.107. The maximum absolute atomic E-state index is 11.2. The summed E-state index contributed by atoms with van der Waals surface area (Å²) in [5, 5.41) is 98.9. The quantitative estimate of drug-likeness (QED) is 0.0355. The Morgan fingerprint density at radius 3 is 1.72 bits per heavy atom. The summed E-state index contributed by atoms with van der Waals surface area (Å²) >= 11 is 0. The van der Waals surface area contributed by atoms with Crippen molar-refractivity contribution in [1.29, 1.82) is 5.41 Å². The summed E-state index contributed by atoms with van der Waals surface area (Å²) in [5.74, 6) is -8.17. The number of phenols is 8. The average Bonchev–Trinajstić information content (AvgIpc) is 3.75. The number of para-hydroxylation sites is 1. The molecule has 8 aromatic rings. The van der Waals surface area contributed by atoms with Crippen LogP contribution in [0.5, 0.6) is 46.0 Å². The number of hydrogen-bond acceptors (Lipinski definition) is 11. The number of nitrogens with zero attached hydrogens (tertiary/aromatic N) is 2. The monoisotopic (exact) mass is 710 g/mol. The standard InChI is InChI=1S/C40H30N4O9/c1-18(19-10-4-2-5-11-19)42-40(43-39(41)20-12-6-3-7-13-20)22-15-8-14-21-25-23(16-9-17-24(25)53-38(21)22)44-28-26(30(45)34(49)36(51)32(28)47)27-29(44)33(48)37(52)35(50)31(27)46/h2-17,40,45-52H,1H3,(H2,41,43)/b42-18+. The van der Waals surface area contributed by atoms with E-state index in [-0.39, 0.29) is 22.6 Å². The molecule has 264 valence electrons. The van der Waals surface area contributed by atoms with E-state index in [9.17, 15) is 40.9 Å². The predicted octanol–water partition coefficient (Wildman–Crippen LogP) is 7.45. The van der Waals surface area contributed by atoms with E-state index in [0.717, 1.165) is 10.1 Å². The minimum Gasteiger partial charge on any atom is -0.504 e. The Labute approximate surface area is 298 Å². The summed E-state index contributed by atoms with van der Waals surface area (Å²) < 4.78 is 7.66. The highest BCUT2D eigenvalue weighted by Gasteiger charge is 2.33. The first kappa shape index (κ1) is 32.7. The van der Waals surface area contributed by atoms with Crippen molar-refractivity contribution in [3.05, 3.63) is 114 Å². The molecule has 0 bridgehead atoms. The lowest BCUT2D eigenvalue weighted by atomic mass is 10.0. The fraction of sp³-hybridized carbons (Fsp3) is 0.0500. The molecule has 13 heteroatoms. The number of aliphatic imine (C=N–C) groups is 1. The Morgan fingerprint density at radius 1 is 0.604 bits per heavy atom. The summed E-state index contributed by atoms with van der Waals surface area (Å²) in [5.41, 5.74) is 2.78. The van der Waals surface area contributed by atoms with Gasteiger partial charge in [-0.15, -0.1) is 0 Å². The van der Waals surface area contributed by atoms with E-state index in [1.54, 1.807) is 48.5 Å². The lowest BCUT2D eigenvalue weighted by molar-refractivity contribution is 0.350. The number of aromatic hydroxyl groups is 8. The van der Waals surface area contributed by atoms with E-state index >= 15 is 0 Å². The van der Waals surface area contributed by atoms with Gasteiger partial charge in [0, 0.05) is 22.2 Å². The molecule has 8 rings (SSSR count). The fourth-order valence-electron chi connectivity index (χ4n) is 6.84. The molecule has 0 saturated carbocycles. The number of amidine groups is 1. The largest absolute Gasteiger partial charge is 0.504 e. The zero-order valence-electron chi connectivity index (χ0n) is 27.7. The van der Waals surface area contributed by atoms with Crippen molar-refractivity contribution in [2.24, 2.45) is 4.99 Å². The van der Waals surface area contributed by atoms with Crippen molar-refractivity contribution >= 4 is 55.3 Å². The fourth-order valence-corrected chi connectivity index (χ4v) is 6.84. The normalized spacial score (nSPS) is 12.6. The molecule has 53 heavy (non-hydrogen) atoms. The molecule has 1 atom stereocenters. The third-order valence-electron chi connectivity index (χ3n) is 9.36. The van der Waals surface area contributed by atoms with E-state index in [2.05, 4.69) is 5.32 Å². The molecule has 0 radical (unpaired) electrons. The van der Waals surface area contributed by atoms with Crippen molar-refractivity contribution < 1.29 is 45.3 Å². The van der Waals surface area contributed by atoms with Gasteiger partial charge in [-0.2, -0.15) is 0 Å². The second-order valence-corrected chi connectivity index (χ2v) is 12.4. The summed E-state index contributed by atoms with van der Waals surface area (Å²) in [4.78, 5) is 5.01. The van der Waals surface area contributed by atoms with E-state index in [0.29, 0.717) is 38.8 Å².